The molecule has 0 saturated heterocycles. The summed E-state index contributed by atoms with van der Waals surface area (Å²) in [6, 6.07) is 6.66. The Labute approximate surface area is 98.9 Å². The van der Waals surface area contributed by atoms with E-state index in [1.165, 1.54) is 7.11 Å². The van der Waals surface area contributed by atoms with Crippen LogP contribution in [0, 0.1) is 11.3 Å². The number of benzene rings is 1. The largest absolute Gasteiger partial charge is 0.493 e. The molecule has 3 N–H and O–H groups in total. The van der Waals surface area contributed by atoms with Gasteiger partial charge in [0, 0.05) is 11.8 Å². The second-order valence-electron chi connectivity index (χ2n) is 3.13. The number of amides is 1. The normalized spacial score (nSPS) is 9.18. The van der Waals surface area contributed by atoms with Gasteiger partial charge in [-0.15, -0.1) is 0 Å². The molecule has 1 rings (SSSR count). The molecule has 0 aromatic heterocycles. The molecule has 0 atom stereocenters. The number of ether oxygens (including phenoxy) is 2. The molecule has 1 amide bonds. The van der Waals surface area contributed by atoms with Crippen molar-refractivity contribution in [1.29, 1.82) is 5.26 Å². The Hall–Kier alpha value is -2.42. The van der Waals surface area contributed by atoms with E-state index in [1.54, 1.807) is 24.3 Å². The van der Waals surface area contributed by atoms with Crippen molar-refractivity contribution in [2.75, 3.05) is 26.0 Å². The summed E-state index contributed by atoms with van der Waals surface area (Å²) in [5.41, 5.74) is 6.12. The summed E-state index contributed by atoms with van der Waals surface area (Å²) in [6.45, 7) is -0.219. The van der Waals surface area contributed by atoms with E-state index in [1.807, 2.05) is 0 Å². The minimum absolute atomic E-state index is 0.0406. The van der Waals surface area contributed by atoms with Gasteiger partial charge in [-0.1, -0.05) is 0 Å². The number of nitrogens with two attached hydrogens (primary N) is 1. The minimum atomic E-state index is -0.370. The van der Waals surface area contributed by atoms with E-state index in [4.69, 9.17) is 20.5 Å². The Morgan fingerprint density at radius 3 is 2.94 bits per heavy atom. The molecule has 6 heteroatoms. The van der Waals surface area contributed by atoms with Crippen molar-refractivity contribution in [2.45, 2.75) is 0 Å². The summed E-state index contributed by atoms with van der Waals surface area (Å²) in [4.78, 5) is 11.2. The number of hydrogen-bond donors (Lipinski definition) is 2. The van der Waals surface area contributed by atoms with Gasteiger partial charge in [-0.2, -0.15) is 5.26 Å². The van der Waals surface area contributed by atoms with E-state index >= 15 is 0 Å². The zero-order valence-electron chi connectivity index (χ0n) is 9.40. The van der Waals surface area contributed by atoms with Gasteiger partial charge in [0.1, 0.15) is 6.54 Å². The van der Waals surface area contributed by atoms with E-state index in [9.17, 15) is 4.79 Å². The van der Waals surface area contributed by atoms with Crippen molar-refractivity contribution >= 4 is 11.6 Å². The Kier molecular flexibility index (Phi) is 4.63. The lowest BCUT2D eigenvalue weighted by molar-refractivity contribution is -0.122. The second-order valence-corrected chi connectivity index (χ2v) is 3.13. The number of rotatable bonds is 5. The first-order chi connectivity index (χ1) is 8.17. The molecule has 0 radical (unpaired) electrons. The smallest absolute Gasteiger partial charge is 0.258 e. The number of nitrogens with one attached hydrogen (secondary N) is 1. The Balaban J connectivity index is 2.57. The predicted molar refractivity (Wildman–Crippen MR) is 61.5 cm³/mol. The number of nitrogens with zero attached hydrogens (tertiary/aromatic N) is 1. The highest BCUT2D eigenvalue weighted by Gasteiger charge is 2.07. The summed E-state index contributed by atoms with van der Waals surface area (Å²) in [5.74, 6) is 0.511. The monoisotopic (exact) mass is 235 g/mol. The maximum absolute atomic E-state index is 11.2. The molecule has 0 bridgehead atoms. The highest BCUT2D eigenvalue weighted by molar-refractivity contribution is 5.77. The van der Waals surface area contributed by atoms with Crippen LogP contribution < -0.4 is 20.5 Å². The molecule has 90 valence electrons. The van der Waals surface area contributed by atoms with Gasteiger partial charge in [0.15, 0.2) is 18.1 Å². The average Bonchev–Trinajstić information content (AvgIpc) is 2.34. The molecule has 1 aromatic carbocycles. The highest BCUT2D eigenvalue weighted by atomic mass is 16.5. The van der Waals surface area contributed by atoms with Crippen molar-refractivity contribution in [3.8, 4) is 17.6 Å². The lowest BCUT2D eigenvalue weighted by Crippen LogP contribution is -2.29. The third-order valence-corrected chi connectivity index (χ3v) is 1.91. The van der Waals surface area contributed by atoms with Crippen LogP contribution in [0.4, 0.5) is 5.69 Å². The topological polar surface area (TPSA) is 97.4 Å². The Morgan fingerprint density at radius 2 is 2.29 bits per heavy atom. The van der Waals surface area contributed by atoms with Gasteiger partial charge in [0.2, 0.25) is 0 Å². The predicted octanol–water partition coefficient (Wildman–Crippen LogP) is 0.296. The van der Waals surface area contributed by atoms with Crippen LogP contribution in [-0.4, -0.2) is 26.2 Å². The van der Waals surface area contributed by atoms with Crippen LogP contribution in [-0.2, 0) is 4.79 Å². The molecule has 0 aliphatic carbocycles. The summed E-state index contributed by atoms with van der Waals surface area (Å²) in [7, 11) is 1.48. The second kappa shape index (κ2) is 6.23. The fraction of sp³-hybridized carbons (Fsp3) is 0.273. The van der Waals surface area contributed by atoms with Crippen molar-refractivity contribution in [2.24, 2.45) is 0 Å². The first-order valence-corrected chi connectivity index (χ1v) is 4.87. The number of hydrogen-bond acceptors (Lipinski definition) is 5. The molecule has 0 heterocycles. The minimum Gasteiger partial charge on any atom is -0.493 e. The first-order valence-electron chi connectivity index (χ1n) is 4.87. The van der Waals surface area contributed by atoms with Gasteiger partial charge in [-0.3, -0.25) is 4.79 Å². The van der Waals surface area contributed by atoms with E-state index in [-0.39, 0.29) is 19.1 Å². The van der Waals surface area contributed by atoms with E-state index in [0.29, 0.717) is 17.2 Å². The summed E-state index contributed by atoms with van der Waals surface area (Å²) < 4.78 is 10.3. The molecule has 0 aliphatic heterocycles. The maximum Gasteiger partial charge on any atom is 0.258 e. The number of carbonyl (C=O) groups excluding carboxylic acids is 1. The van der Waals surface area contributed by atoms with Gasteiger partial charge in [0.25, 0.3) is 5.91 Å². The molecular weight excluding hydrogens is 222 g/mol. The summed E-state index contributed by atoms with van der Waals surface area (Å²) in [5, 5.41) is 10.6. The Morgan fingerprint density at radius 1 is 1.53 bits per heavy atom. The van der Waals surface area contributed by atoms with Gasteiger partial charge >= 0.3 is 0 Å². The molecule has 0 aliphatic rings. The molecule has 0 fully saturated rings. The van der Waals surface area contributed by atoms with Crippen LogP contribution in [0.25, 0.3) is 0 Å². The zero-order chi connectivity index (χ0) is 12.7. The van der Waals surface area contributed by atoms with Crippen molar-refractivity contribution < 1.29 is 14.3 Å². The molecule has 0 unspecified atom stereocenters. The number of methoxy groups -OCH3 is 1. The van der Waals surface area contributed by atoms with E-state index < -0.39 is 0 Å². The average molecular weight is 235 g/mol. The molecule has 0 spiro atoms. The zero-order valence-corrected chi connectivity index (χ0v) is 9.40. The fourth-order valence-corrected chi connectivity index (χ4v) is 1.14. The van der Waals surface area contributed by atoms with Crippen molar-refractivity contribution in [3.63, 3.8) is 0 Å². The summed E-state index contributed by atoms with van der Waals surface area (Å²) >= 11 is 0. The number of anilines is 1. The van der Waals surface area contributed by atoms with Gasteiger partial charge in [0.05, 0.1) is 13.2 Å². The lowest BCUT2D eigenvalue weighted by atomic mass is 10.3. The standard InChI is InChI=1S/C11H13N3O3/c1-16-10-6-8(13)2-3-9(10)17-7-11(15)14-5-4-12/h2-3,6H,5,7,13H2,1H3,(H,14,15). The molecule has 1 aromatic rings. The third kappa shape index (κ3) is 3.91. The van der Waals surface area contributed by atoms with Crippen LogP contribution in [0.15, 0.2) is 18.2 Å². The van der Waals surface area contributed by atoms with E-state index in [0.717, 1.165) is 0 Å². The highest BCUT2D eigenvalue weighted by Crippen LogP contribution is 2.28. The van der Waals surface area contributed by atoms with Crippen LogP contribution in [0.2, 0.25) is 0 Å². The fourth-order valence-electron chi connectivity index (χ4n) is 1.14. The SMILES string of the molecule is COc1cc(N)ccc1OCC(=O)NCC#N. The van der Waals surface area contributed by atoms with Gasteiger partial charge < -0.3 is 20.5 Å². The van der Waals surface area contributed by atoms with Crippen LogP contribution >= 0.6 is 0 Å². The van der Waals surface area contributed by atoms with Gasteiger partial charge in [-0.25, -0.2) is 0 Å². The third-order valence-electron chi connectivity index (χ3n) is 1.91. The number of carbonyl (C=O) groups is 1. The van der Waals surface area contributed by atoms with Crippen molar-refractivity contribution in [3.05, 3.63) is 18.2 Å². The van der Waals surface area contributed by atoms with Crippen molar-refractivity contribution in [1.82, 2.24) is 5.32 Å². The summed E-state index contributed by atoms with van der Waals surface area (Å²) in [6.07, 6.45) is 0. The number of nitrogen functional groups attached to an aromatic ring is 1. The quantitative estimate of drug-likeness (QED) is 0.565. The maximum atomic E-state index is 11.2. The van der Waals surface area contributed by atoms with Crippen LogP contribution in [0.5, 0.6) is 11.5 Å². The molecular formula is C11H13N3O3. The van der Waals surface area contributed by atoms with E-state index in [2.05, 4.69) is 5.32 Å². The first kappa shape index (κ1) is 12.6. The van der Waals surface area contributed by atoms with Gasteiger partial charge in [-0.05, 0) is 12.1 Å². The van der Waals surface area contributed by atoms with Crippen LogP contribution in [0.3, 0.4) is 0 Å². The van der Waals surface area contributed by atoms with Crippen LogP contribution in [0.1, 0.15) is 0 Å². The molecule has 17 heavy (non-hydrogen) atoms. The lowest BCUT2D eigenvalue weighted by Gasteiger charge is -2.10. The molecule has 0 saturated carbocycles. The number of nitriles is 1. The molecule has 6 nitrogen and oxygen atoms in total. The Bertz CT molecular complexity index is 440.